The lowest BCUT2D eigenvalue weighted by atomic mass is 9.52. The molecule has 4 heterocycles. The molecule has 0 amide bonds. The molecule has 8 nitrogen and oxygen atoms in total. The van der Waals surface area contributed by atoms with Crippen LogP contribution in [0.3, 0.4) is 0 Å². The highest BCUT2D eigenvalue weighted by Crippen LogP contribution is 2.58. The average Bonchev–Trinajstić information content (AvgIpc) is 3.30. The van der Waals surface area contributed by atoms with Crippen LogP contribution >= 0.6 is 0 Å². The molecule has 1 saturated heterocycles. The van der Waals surface area contributed by atoms with Crippen molar-refractivity contribution in [2.45, 2.75) is 76.0 Å². The summed E-state index contributed by atoms with van der Waals surface area (Å²) < 4.78 is 14.0. The van der Waals surface area contributed by atoms with E-state index in [0.29, 0.717) is 18.1 Å². The number of carboxylic acids is 1. The number of aromatic carboxylic acids is 1. The van der Waals surface area contributed by atoms with E-state index < -0.39 is 5.97 Å². The summed E-state index contributed by atoms with van der Waals surface area (Å²) in [6, 6.07) is 17.3. The minimum Gasteiger partial charge on any atom is -0.478 e. The van der Waals surface area contributed by atoms with Crippen molar-refractivity contribution in [2.24, 2.45) is 5.41 Å². The van der Waals surface area contributed by atoms with E-state index in [1.807, 2.05) is 30.3 Å². The zero-order valence-electron chi connectivity index (χ0n) is 22.6. The molecule has 1 N–H and O–H groups in total. The SMILES string of the molecule is O=C(O)c1ccc2nc(CC34CCC(c5cccc(OCc6ccccn6)n5)(CC3)CC4)n(C[C@@H]3CCO3)c2c1. The fraction of sp³-hybridized carbons (Fsp3) is 0.438. The molecular weight excluding hydrogens is 504 g/mol. The Morgan fingerprint density at radius 1 is 1.02 bits per heavy atom. The third-order valence-corrected chi connectivity index (χ3v) is 9.55. The number of fused-ring (bicyclic) bond motifs is 4. The van der Waals surface area contributed by atoms with Gasteiger partial charge in [0.1, 0.15) is 12.4 Å². The largest absolute Gasteiger partial charge is 0.478 e. The lowest BCUT2D eigenvalue weighted by molar-refractivity contribution is -0.0594. The Bertz CT molecular complexity index is 1520. The molecule has 206 valence electrons. The van der Waals surface area contributed by atoms with Crippen LogP contribution in [0.1, 0.15) is 72.5 Å². The summed E-state index contributed by atoms with van der Waals surface area (Å²) in [6.07, 6.45) is 10.6. The summed E-state index contributed by atoms with van der Waals surface area (Å²) in [4.78, 5) is 26.0. The van der Waals surface area contributed by atoms with Crippen molar-refractivity contribution in [3.8, 4) is 5.88 Å². The fourth-order valence-corrected chi connectivity index (χ4v) is 6.95. The van der Waals surface area contributed by atoms with Gasteiger partial charge in [0.15, 0.2) is 0 Å². The van der Waals surface area contributed by atoms with Gasteiger partial charge >= 0.3 is 5.97 Å². The molecule has 0 spiro atoms. The quantitative estimate of drug-likeness (QED) is 0.291. The molecule has 0 unspecified atom stereocenters. The maximum absolute atomic E-state index is 11.7. The van der Waals surface area contributed by atoms with Crippen molar-refractivity contribution in [1.29, 1.82) is 0 Å². The van der Waals surface area contributed by atoms with Gasteiger partial charge in [-0.1, -0.05) is 12.1 Å². The predicted octanol–water partition coefficient (Wildman–Crippen LogP) is 5.73. The van der Waals surface area contributed by atoms with Crippen LogP contribution in [0, 0.1) is 5.41 Å². The second-order valence-electron chi connectivity index (χ2n) is 11.9. The molecule has 4 aliphatic rings. The first kappa shape index (κ1) is 25.2. The van der Waals surface area contributed by atoms with E-state index in [0.717, 1.165) is 92.8 Å². The first-order valence-corrected chi connectivity index (χ1v) is 14.4. The Hall–Kier alpha value is -3.78. The van der Waals surface area contributed by atoms with Crippen molar-refractivity contribution in [3.63, 3.8) is 0 Å². The molecule has 4 fully saturated rings. The standard InChI is InChI=1S/C32H34N4O4/c37-30(38)22-7-8-25-26(18-22)36(20-24-9-17-39-24)28(34-25)19-31-10-13-32(14-11-31,15-12-31)27-5-3-6-29(35-27)40-21-23-4-1-2-16-33-23/h1-8,16,18,24H,9-15,17,19-21H2,(H,37,38)/t24-,31?,32?/m0/s1. The van der Waals surface area contributed by atoms with E-state index >= 15 is 0 Å². The number of imidazole rings is 1. The number of pyridine rings is 2. The van der Waals surface area contributed by atoms with E-state index in [1.54, 1.807) is 18.3 Å². The van der Waals surface area contributed by atoms with Gasteiger partial charge in [-0.15, -0.1) is 0 Å². The van der Waals surface area contributed by atoms with Gasteiger partial charge in [-0.3, -0.25) is 4.98 Å². The van der Waals surface area contributed by atoms with Crippen molar-refractivity contribution in [1.82, 2.24) is 19.5 Å². The van der Waals surface area contributed by atoms with Crippen LogP contribution in [-0.2, 0) is 29.7 Å². The van der Waals surface area contributed by atoms with Crippen molar-refractivity contribution in [2.75, 3.05) is 6.61 Å². The Labute approximate surface area is 233 Å². The summed E-state index contributed by atoms with van der Waals surface area (Å²) in [6.45, 7) is 1.93. The second kappa shape index (κ2) is 10.0. The van der Waals surface area contributed by atoms with Gasteiger partial charge in [-0.05, 0) is 86.8 Å². The Morgan fingerprint density at radius 3 is 2.55 bits per heavy atom. The molecular formula is C32H34N4O4. The predicted molar refractivity (Wildman–Crippen MR) is 149 cm³/mol. The summed E-state index contributed by atoms with van der Waals surface area (Å²) >= 11 is 0. The van der Waals surface area contributed by atoms with Crippen LogP contribution in [0.25, 0.3) is 11.0 Å². The summed E-state index contributed by atoms with van der Waals surface area (Å²) in [5.74, 6) is 0.809. The Morgan fingerprint density at radius 2 is 1.85 bits per heavy atom. The van der Waals surface area contributed by atoms with Crippen LogP contribution < -0.4 is 4.74 Å². The number of ether oxygens (including phenoxy) is 2. The maximum atomic E-state index is 11.7. The molecule has 2 bridgehead atoms. The van der Waals surface area contributed by atoms with Crippen LogP contribution in [-0.4, -0.2) is 43.3 Å². The average molecular weight is 539 g/mol. The van der Waals surface area contributed by atoms with E-state index in [2.05, 4.69) is 21.7 Å². The van der Waals surface area contributed by atoms with Crippen LogP contribution in [0.4, 0.5) is 0 Å². The number of carbonyl (C=O) groups is 1. The van der Waals surface area contributed by atoms with Crippen molar-refractivity contribution >= 4 is 17.0 Å². The maximum Gasteiger partial charge on any atom is 0.335 e. The molecule has 4 aromatic rings. The van der Waals surface area contributed by atoms with Gasteiger partial charge in [0.25, 0.3) is 0 Å². The molecule has 0 radical (unpaired) electrons. The monoisotopic (exact) mass is 538 g/mol. The number of benzene rings is 1. The minimum atomic E-state index is -0.912. The fourth-order valence-electron chi connectivity index (χ4n) is 6.95. The van der Waals surface area contributed by atoms with Gasteiger partial charge in [0, 0.05) is 30.7 Å². The molecule has 40 heavy (non-hydrogen) atoms. The Kier molecular flexibility index (Phi) is 6.30. The van der Waals surface area contributed by atoms with Crippen LogP contribution in [0.5, 0.6) is 5.88 Å². The number of aromatic nitrogens is 4. The first-order chi connectivity index (χ1) is 19.5. The molecule has 3 saturated carbocycles. The number of rotatable bonds is 9. The van der Waals surface area contributed by atoms with Crippen molar-refractivity contribution in [3.05, 3.63) is 83.6 Å². The molecule has 3 aliphatic carbocycles. The van der Waals surface area contributed by atoms with Crippen LogP contribution in [0.15, 0.2) is 60.8 Å². The normalized spacial score (nSPS) is 25.6. The minimum absolute atomic E-state index is 0.0996. The van der Waals surface area contributed by atoms with Gasteiger partial charge in [-0.2, -0.15) is 0 Å². The highest BCUT2D eigenvalue weighted by molar-refractivity contribution is 5.92. The highest BCUT2D eigenvalue weighted by atomic mass is 16.5. The number of hydrogen-bond donors (Lipinski definition) is 1. The zero-order chi connectivity index (χ0) is 27.2. The number of hydrogen-bond acceptors (Lipinski definition) is 6. The third kappa shape index (κ3) is 4.64. The molecule has 8 rings (SSSR count). The molecule has 8 heteroatoms. The van der Waals surface area contributed by atoms with Gasteiger partial charge in [0.2, 0.25) is 5.88 Å². The summed E-state index contributed by atoms with van der Waals surface area (Å²) in [5.41, 5.74) is 4.41. The third-order valence-electron chi connectivity index (χ3n) is 9.55. The van der Waals surface area contributed by atoms with E-state index in [4.69, 9.17) is 19.4 Å². The van der Waals surface area contributed by atoms with E-state index in [9.17, 15) is 9.90 Å². The molecule has 1 atom stereocenters. The molecule has 1 aliphatic heterocycles. The Balaban J connectivity index is 1.09. The topological polar surface area (TPSA) is 99.4 Å². The smallest absolute Gasteiger partial charge is 0.335 e. The van der Waals surface area contributed by atoms with Gasteiger partial charge in [0.05, 0.1) is 40.6 Å². The van der Waals surface area contributed by atoms with E-state index in [1.165, 1.54) is 0 Å². The number of carboxylic acid groups (broad SMARTS) is 1. The van der Waals surface area contributed by atoms with Crippen molar-refractivity contribution < 1.29 is 19.4 Å². The number of nitrogens with zero attached hydrogens (tertiary/aromatic N) is 4. The first-order valence-electron chi connectivity index (χ1n) is 14.4. The lowest BCUT2D eigenvalue weighted by Crippen LogP contribution is -2.46. The highest BCUT2D eigenvalue weighted by Gasteiger charge is 2.50. The van der Waals surface area contributed by atoms with Gasteiger partial charge < -0.3 is 19.1 Å². The molecule has 1 aromatic carbocycles. The zero-order valence-corrected chi connectivity index (χ0v) is 22.6. The van der Waals surface area contributed by atoms with E-state index in [-0.39, 0.29) is 16.9 Å². The van der Waals surface area contributed by atoms with Crippen LogP contribution in [0.2, 0.25) is 0 Å². The lowest BCUT2D eigenvalue weighted by Gasteiger charge is -2.53. The summed E-state index contributed by atoms with van der Waals surface area (Å²) in [5, 5.41) is 9.57. The molecule has 3 aromatic heterocycles. The summed E-state index contributed by atoms with van der Waals surface area (Å²) in [7, 11) is 0. The van der Waals surface area contributed by atoms with Gasteiger partial charge in [-0.25, -0.2) is 14.8 Å². The second-order valence-corrected chi connectivity index (χ2v) is 11.9.